The number of nitrogens with zero attached hydrogens (tertiary/aromatic N) is 1. The first kappa shape index (κ1) is 24.3. The standard InChI is InChI=1S/C32H29N.C2H6/c1-4-28(26-18-16-23(2)17-19-26)32-30-15-8-6-11-25(30)20-21-31(32)33(3)22-27-13-9-12-24-10-5-7-14-29(24)27;1-2/h4-21H,22H2,1-3H3;1-2H3/b28-4-;. The minimum Gasteiger partial charge on any atom is -0.370 e. The molecule has 35 heavy (non-hydrogen) atoms. The Bertz CT molecular complexity index is 1450. The molecular formula is C34H35N. The summed E-state index contributed by atoms with van der Waals surface area (Å²) in [6, 6.07) is 37.4. The van der Waals surface area contributed by atoms with E-state index in [0.717, 1.165) is 6.54 Å². The van der Waals surface area contributed by atoms with Crippen molar-refractivity contribution < 1.29 is 0 Å². The Labute approximate surface area is 210 Å². The van der Waals surface area contributed by atoms with Crippen LogP contribution in [-0.4, -0.2) is 7.05 Å². The predicted molar refractivity (Wildman–Crippen MR) is 155 cm³/mol. The van der Waals surface area contributed by atoms with Gasteiger partial charge < -0.3 is 4.90 Å². The van der Waals surface area contributed by atoms with Crippen LogP contribution < -0.4 is 4.90 Å². The van der Waals surface area contributed by atoms with Crippen molar-refractivity contribution in [1.82, 2.24) is 0 Å². The molecule has 0 heterocycles. The predicted octanol–water partition coefficient (Wildman–Crippen LogP) is 9.42. The summed E-state index contributed by atoms with van der Waals surface area (Å²) < 4.78 is 0. The second-order valence-electron chi connectivity index (χ2n) is 8.74. The van der Waals surface area contributed by atoms with E-state index >= 15 is 0 Å². The lowest BCUT2D eigenvalue weighted by atomic mass is 9.90. The molecule has 0 fully saturated rings. The summed E-state index contributed by atoms with van der Waals surface area (Å²) in [4.78, 5) is 2.39. The van der Waals surface area contributed by atoms with Crippen molar-refractivity contribution in [3.63, 3.8) is 0 Å². The van der Waals surface area contributed by atoms with Crippen LogP contribution in [-0.2, 0) is 6.54 Å². The molecule has 0 saturated carbocycles. The molecule has 0 saturated heterocycles. The van der Waals surface area contributed by atoms with E-state index < -0.39 is 0 Å². The molecule has 0 spiro atoms. The van der Waals surface area contributed by atoms with E-state index in [9.17, 15) is 0 Å². The van der Waals surface area contributed by atoms with E-state index in [1.165, 1.54) is 55.1 Å². The molecule has 0 aliphatic heterocycles. The molecule has 0 aliphatic rings. The van der Waals surface area contributed by atoms with E-state index in [-0.39, 0.29) is 0 Å². The number of rotatable bonds is 5. The summed E-state index contributed by atoms with van der Waals surface area (Å²) in [7, 11) is 2.21. The van der Waals surface area contributed by atoms with Crippen LogP contribution in [0.4, 0.5) is 5.69 Å². The Morgan fingerprint density at radius 1 is 0.686 bits per heavy atom. The second-order valence-corrected chi connectivity index (χ2v) is 8.74. The Balaban J connectivity index is 0.00000141. The molecule has 0 bridgehead atoms. The zero-order valence-electron chi connectivity index (χ0n) is 21.5. The molecule has 0 atom stereocenters. The van der Waals surface area contributed by atoms with Crippen LogP contribution in [0.25, 0.3) is 27.1 Å². The van der Waals surface area contributed by atoms with Crippen molar-refractivity contribution in [3.8, 4) is 0 Å². The first-order valence-corrected chi connectivity index (χ1v) is 12.6. The average Bonchev–Trinajstić information content (AvgIpc) is 2.91. The van der Waals surface area contributed by atoms with E-state index in [2.05, 4.69) is 135 Å². The molecule has 1 nitrogen and oxygen atoms in total. The number of hydrogen-bond acceptors (Lipinski definition) is 1. The summed E-state index contributed by atoms with van der Waals surface area (Å²) in [5.74, 6) is 0. The van der Waals surface area contributed by atoms with Crippen LogP contribution in [0, 0.1) is 6.92 Å². The maximum Gasteiger partial charge on any atom is 0.0452 e. The summed E-state index contributed by atoms with van der Waals surface area (Å²) in [5, 5.41) is 5.16. The Morgan fingerprint density at radius 3 is 1.97 bits per heavy atom. The SMILES string of the molecule is C/C=C(/c1ccc(C)cc1)c1c(N(C)Cc2cccc3ccccc23)ccc2ccccc12.CC. The number of aryl methyl sites for hydroxylation is 1. The van der Waals surface area contributed by atoms with Crippen molar-refractivity contribution >= 4 is 32.8 Å². The summed E-state index contributed by atoms with van der Waals surface area (Å²) >= 11 is 0. The van der Waals surface area contributed by atoms with Crippen molar-refractivity contribution in [3.05, 3.63) is 131 Å². The third kappa shape index (κ3) is 5.00. The van der Waals surface area contributed by atoms with Gasteiger partial charge in [-0.3, -0.25) is 0 Å². The molecule has 0 unspecified atom stereocenters. The highest BCUT2D eigenvalue weighted by Gasteiger charge is 2.17. The summed E-state index contributed by atoms with van der Waals surface area (Å²) in [6.07, 6.45) is 2.25. The van der Waals surface area contributed by atoms with Gasteiger partial charge in [-0.1, -0.05) is 123 Å². The number of hydrogen-bond donors (Lipinski definition) is 0. The van der Waals surface area contributed by atoms with Gasteiger partial charge in [0.1, 0.15) is 0 Å². The molecule has 176 valence electrons. The summed E-state index contributed by atoms with van der Waals surface area (Å²) in [5.41, 5.74) is 7.68. The third-order valence-electron chi connectivity index (χ3n) is 6.53. The summed E-state index contributed by atoms with van der Waals surface area (Å²) in [6.45, 7) is 9.13. The molecule has 5 rings (SSSR count). The van der Waals surface area contributed by atoms with Crippen LogP contribution in [0.5, 0.6) is 0 Å². The van der Waals surface area contributed by atoms with Crippen molar-refractivity contribution in [2.75, 3.05) is 11.9 Å². The third-order valence-corrected chi connectivity index (χ3v) is 6.53. The molecule has 0 radical (unpaired) electrons. The number of allylic oxidation sites excluding steroid dienone is 1. The topological polar surface area (TPSA) is 3.24 Å². The van der Waals surface area contributed by atoms with Gasteiger partial charge in [-0.2, -0.15) is 0 Å². The molecular weight excluding hydrogens is 422 g/mol. The van der Waals surface area contributed by atoms with Crippen LogP contribution in [0.1, 0.15) is 43.0 Å². The van der Waals surface area contributed by atoms with Crippen molar-refractivity contribution in [1.29, 1.82) is 0 Å². The van der Waals surface area contributed by atoms with E-state index in [0.29, 0.717) is 0 Å². The second kappa shape index (κ2) is 11.1. The number of fused-ring (bicyclic) bond motifs is 2. The minimum atomic E-state index is 0.845. The quantitative estimate of drug-likeness (QED) is 0.254. The fourth-order valence-corrected chi connectivity index (χ4v) is 4.82. The van der Waals surface area contributed by atoms with Gasteiger partial charge in [-0.15, -0.1) is 0 Å². The molecule has 0 amide bonds. The fraction of sp³-hybridized carbons (Fsp3) is 0.176. The van der Waals surface area contributed by atoms with Crippen LogP contribution in [0.15, 0.2) is 109 Å². The van der Waals surface area contributed by atoms with Gasteiger partial charge in [0.05, 0.1) is 0 Å². The normalized spacial score (nSPS) is 11.3. The van der Waals surface area contributed by atoms with Gasteiger partial charge in [-0.05, 0) is 58.2 Å². The molecule has 5 aromatic carbocycles. The fourth-order valence-electron chi connectivity index (χ4n) is 4.82. The van der Waals surface area contributed by atoms with E-state index in [4.69, 9.17) is 0 Å². The average molecular weight is 458 g/mol. The van der Waals surface area contributed by atoms with Crippen LogP contribution in [0.3, 0.4) is 0 Å². The lowest BCUT2D eigenvalue weighted by Gasteiger charge is -2.26. The highest BCUT2D eigenvalue weighted by atomic mass is 15.1. The van der Waals surface area contributed by atoms with Gasteiger partial charge in [-0.25, -0.2) is 0 Å². The largest absolute Gasteiger partial charge is 0.370 e. The maximum absolute atomic E-state index is 2.39. The van der Waals surface area contributed by atoms with Gasteiger partial charge in [0.15, 0.2) is 0 Å². The first-order valence-electron chi connectivity index (χ1n) is 12.6. The zero-order valence-corrected chi connectivity index (χ0v) is 21.5. The van der Waals surface area contributed by atoms with Gasteiger partial charge >= 0.3 is 0 Å². The zero-order chi connectivity index (χ0) is 24.8. The van der Waals surface area contributed by atoms with Crippen LogP contribution in [0.2, 0.25) is 0 Å². The molecule has 1 heteroatoms. The minimum absolute atomic E-state index is 0.845. The van der Waals surface area contributed by atoms with Gasteiger partial charge in [0.2, 0.25) is 0 Å². The van der Waals surface area contributed by atoms with Crippen molar-refractivity contribution in [2.24, 2.45) is 0 Å². The molecule has 5 aromatic rings. The lowest BCUT2D eigenvalue weighted by molar-refractivity contribution is 0.930. The van der Waals surface area contributed by atoms with Crippen LogP contribution >= 0.6 is 0 Å². The Hall–Kier alpha value is -3.84. The Kier molecular flexibility index (Phi) is 7.67. The van der Waals surface area contributed by atoms with Crippen molar-refractivity contribution in [2.45, 2.75) is 34.2 Å². The number of anilines is 1. The first-order chi connectivity index (χ1) is 17.2. The van der Waals surface area contributed by atoms with Gasteiger partial charge in [0, 0.05) is 24.8 Å². The molecule has 0 aromatic heterocycles. The molecule has 0 N–H and O–H groups in total. The lowest BCUT2D eigenvalue weighted by Crippen LogP contribution is -2.18. The van der Waals surface area contributed by atoms with E-state index in [1.54, 1.807) is 0 Å². The van der Waals surface area contributed by atoms with Gasteiger partial charge in [0.25, 0.3) is 0 Å². The Morgan fingerprint density at radius 2 is 1.29 bits per heavy atom. The monoisotopic (exact) mass is 457 g/mol. The van der Waals surface area contributed by atoms with E-state index in [1.807, 2.05) is 13.8 Å². The number of benzene rings is 5. The highest BCUT2D eigenvalue weighted by Crippen LogP contribution is 2.38. The maximum atomic E-state index is 2.39. The molecule has 0 aliphatic carbocycles. The smallest absolute Gasteiger partial charge is 0.0452 e. The highest BCUT2D eigenvalue weighted by molar-refractivity contribution is 6.03.